The van der Waals surface area contributed by atoms with Crippen molar-refractivity contribution in [1.29, 1.82) is 0 Å². The van der Waals surface area contributed by atoms with Gasteiger partial charge in [0.15, 0.2) is 0 Å². The minimum Gasteiger partial charge on any atom is -0.497 e. The summed E-state index contributed by atoms with van der Waals surface area (Å²) >= 11 is 0. The van der Waals surface area contributed by atoms with Crippen molar-refractivity contribution >= 4 is 22.6 Å². The van der Waals surface area contributed by atoms with Gasteiger partial charge in [0.1, 0.15) is 17.8 Å². The third-order valence-corrected chi connectivity index (χ3v) is 4.78. The van der Waals surface area contributed by atoms with Gasteiger partial charge in [-0.05, 0) is 36.4 Å². The van der Waals surface area contributed by atoms with Crippen LogP contribution in [0.2, 0.25) is 0 Å². The molecular formula is C19H21N5O2. The number of methoxy groups -OCH3 is 1. The molecule has 3 aromatic rings. The Labute approximate surface area is 151 Å². The average molecular weight is 351 g/mol. The van der Waals surface area contributed by atoms with Crippen molar-refractivity contribution in [3.63, 3.8) is 0 Å². The first-order valence-electron chi connectivity index (χ1n) is 8.69. The van der Waals surface area contributed by atoms with E-state index in [1.165, 1.54) is 0 Å². The molecule has 1 amide bonds. The van der Waals surface area contributed by atoms with Crippen LogP contribution in [0.1, 0.15) is 0 Å². The van der Waals surface area contributed by atoms with Gasteiger partial charge < -0.3 is 14.5 Å². The van der Waals surface area contributed by atoms with Crippen LogP contribution in [0.3, 0.4) is 0 Å². The molecule has 7 nitrogen and oxygen atoms in total. The lowest BCUT2D eigenvalue weighted by Crippen LogP contribution is -2.49. The summed E-state index contributed by atoms with van der Waals surface area (Å²) in [6, 6.07) is 15.7. The fourth-order valence-corrected chi connectivity index (χ4v) is 3.27. The molecule has 2 aromatic carbocycles. The molecule has 1 aromatic heterocycles. The highest BCUT2D eigenvalue weighted by Gasteiger charge is 2.22. The highest BCUT2D eigenvalue weighted by atomic mass is 16.5. The number of aromatic nitrogens is 3. The Morgan fingerprint density at radius 3 is 2.50 bits per heavy atom. The van der Waals surface area contributed by atoms with Crippen molar-refractivity contribution < 1.29 is 9.53 Å². The lowest BCUT2D eigenvalue weighted by molar-refractivity contribution is -0.132. The van der Waals surface area contributed by atoms with E-state index in [9.17, 15) is 4.79 Å². The maximum absolute atomic E-state index is 12.6. The summed E-state index contributed by atoms with van der Waals surface area (Å²) in [4.78, 5) is 16.8. The summed E-state index contributed by atoms with van der Waals surface area (Å²) in [6.07, 6.45) is 0. The van der Waals surface area contributed by atoms with Crippen molar-refractivity contribution in [2.75, 3.05) is 38.2 Å². The topological polar surface area (TPSA) is 63.5 Å². The maximum Gasteiger partial charge on any atom is 0.244 e. The Bertz CT molecular complexity index is 898. The standard InChI is InChI=1S/C19H21N5O2/c1-26-16-8-6-15(7-9-16)22-10-12-23(13-11-22)19(25)14-24-18-5-3-2-4-17(18)20-21-24/h2-9H,10-14H2,1H3. The zero-order valence-corrected chi connectivity index (χ0v) is 14.7. The molecule has 4 rings (SSSR count). The van der Waals surface area contributed by atoms with Crippen LogP contribution in [0.25, 0.3) is 11.0 Å². The number of hydrogen-bond donors (Lipinski definition) is 0. The van der Waals surface area contributed by atoms with Crippen molar-refractivity contribution in [2.45, 2.75) is 6.54 Å². The highest BCUT2D eigenvalue weighted by Crippen LogP contribution is 2.20. The number of fused-ring (bicyclic) bond motifs is 1. The minimum absolute atomic E-state index is 0.0787. The fraction of sp³-hybridized carbons (Fsp3) is 0.316. The van der Waals surface area contributed by atoms with Gasteiger partial charge >= 0.3 is 0 Å². The van der Waals surface area contributed by atoms with Gasteiger partial charge in [0.25, 0.3) is 0 Å². The van der Waals surface area contributed by atoms with Crippen LogP contribution < -0.4 is 9.64 Å². The van der Waals surface area contributed by atoms with E-state index in [1.54, 1.807) is 11.8 Å². The molecule has 0 N–H and O–H groups in total. The van der Waals surface area contributed by atoms with Crippen molar-refractivity contribution in [3.05, 3.63) is 48.5 Å². The summed E-state index contributed by atoms with van der Waals surface area (Å²) in [5.74, 6) is 0.928. The van der Waals surface area contributed by atoms with Crippen LogP contribution in [0.4, 0.5) is 5.69 Å². The Kier molecular flexibility index (Phi) is 4.43. The molecule has 7 heteroatoms. The smallest absolute Gasteiger partial charge is 0.244 e. The number of piperazine rings is 1. The van der Waals surface area contributed by atoms with E-state index in [0.29, 0.717) is 13.1 Å². The molecule has 0 aliphatic carbocycles. The van der Waals surface area contributed by atoms with Gasteiger partial charge in [-0.3, -0.25) is 4.79 Å². The van der Waals surface area contributed by atoms with E-state index < -0.39 is 0 Å². The number of benzene rings is 2. The van der Waals surface area contributed by atoms with Crippen LogP contribution in [0.5, 0.6) is 5.75 Å². The van der Waals surface area contributed by atoms with Gasteiger partial charge in [0, 0.05) is 31.9 Å². The van der Waals surface area contributed by atoms with Gasteiger partial charge in [-0.25, -0.2) is 4.68 Å². The van der Waals surface area contributed by atoms with E-state index in [-0.39, 0.29) is 12.5 Å². The fourth-order valence-electron chi connectivity index (χ4n) is 3.27. The van der Waals surface area contributed by atoms with E-state index in [1.807, 2.05) is 41.3 Å². The lowest BCUT2D eigenvalue weighted by Gasteiger charge is -2.36. The summed E-state index contributed by atoms with van der Waals surface area (Å²) in [7, 11) is 1.66. The number of ether oxygens (including phenoxy) is 1. The quantitative estimate of drug-likeness (QED) is 0.717. The summed E-state index contributed by atoms with van der Waals surface area (Å²) in [5, 5.41) is 8.21. The molecule has 0 unspecified atom stereocenters. The second kappa shape index (κ2) is 7.03. The third-order valence-electron chi connectivity index (χ3n) is 4.78. The van der Waals surface area contributed by atoms with Gasteiger partial charge in [-0.15, -0.1) is 5.10 Å². The molecule has 2 heterocycles. The van der Waals surface area contributed by atoms with Crippen molar-refractivity contribution in [2.24, 2.45) is 0 Å². The summed E-state index contributed by atoms with van der Waals surface area (Å²) in [5.41, 5.74) is 2.85. The molecule has 1 fully saturated rings. The Morgan fingerprint density at radius 2 is 1.77 bits per heavy atom. The van der Waals surface area contributed by atoms with Crippen LogP contribution in [-0.2, 0) is 11.3 Å². The SMILES string of the molecule is COc1ccc(N2CCN(C(=O)Cn3nnc4ccccc43)CC2)cc1. The van der Waals surface area contributed by atoms with Gasteiger partial charge in [-0.2, -0.15) is 0 Å². The second-order valence-electron chi connectivity index (χ2n) is 6.30. The molecule has 0 radical (unpaired) electrons. The highest BCUT2D eigenvalue weighted by molar-refractivity contribution is 5.80. The molecule has 0 saturated carbocycles. The lowest BCUT2D eigenvalue weighted by atomic mass is 10.2. The monoisotopic (exact) mass is 351 g/mol. The number of rotatable bonds is 4. The molecule has 0 atom stereocenters. The Morgan fingerprint density at radius 1 is 1.04 bits per heavy atom. The predicted molar refractivity (Wildman–Crippen MR) is 99.3 cm³/mol. The van der Waals surface area contributed by atoms with Gasteiger partial charge in [0.05, 0.1) is 12.6 Å². The summed E-state index contributed by atoms with van der Waals surface area (Å²) < 4.78 is 6.87. The van der Waals surface area contributed by atoms with E-state index >= 15 is 0 Å². The molecule has 1 aliphatic rings. The number of nitrogens with zero attached hydrogens (tertiary/aromatic N) is 5. The first-order valence-corrected chi connectivity index (χ1v) is 8.69. The average Bonchev–Trinajstić information content (AvgIpc) is 3.11. The van der Waals surface area contributed by atoms with Gasteiger partial charge in [-0.1, -0.05) is 17.3 Å². The molecule has 134 valence electrons. The van der Waals surface area contributed by atoms with Crippen molar-refractivity contribution in [1.82, 2.24) is 19.9 Å². The van der Waals surface area contributed by atoms with E-state index in [2.05, 4.69) is 27.3 Å². The van der Waals surface area contributed by atoms with Gasteiger partial charge in [0.2, 0.25) is 5.91 Å². The normalized spacial score (nSPS) is 14.7. The maximum atomic E-state index is 12.6. The molecule has 1 aliphatic heterocycles. The molecule has 0 bridgehead atoms. The number of para-hydroxylation sites is 1. The number of amides is 1. The second-order valence-corrected chi connectivity index (χ2v) is 6.30. The third kappa shape index (κ3) is 3.20. The first kappa shape index (κ1) is 16.4. The van der Waals surface area contributed by atoms with Crippen LogP contribution >= 0.6 is 0 Å². The van der Waals surface area contributed by atoms with Crippen LogP contribution in [0.15, 0.2) is 48.5 Å². The van der Waals surface area contributed by atoms with Crippen LogP contribution in [-0.4, -0.2) is 59.1 Å². The van der Waals surface area contributed by atoms with Crippen LogP contribution in [0, 0.1) is 0 Å². The Balaban J connectivity index is 1.37. The number of carbonyl (C=O) groups is 1. The van der Waals surface area contributed by atoms with E-state index in [4.69, 9.17) is 4.74 Å². The zero-order valence-electron chi connectivity index (χ0n) is 14.7. The molecule has 0 spiro atoms. The zero-order chi connectivity index (χ0) is 17.9. The molecule has 26 heavy (non-hydrogen) atoms. The summed E-state index contributed by atoms with van der Waals surface area (Å²) in [6.45, 7) is 3.27. The molecular weight excluding hydrogens is 330 g/mol. The number of anilines is 1. The number of carbonyl (C=O) groups excluding carboxylic acids is 1. The first-order chi connectivity index (χ1) is 12.7. The molecule has 1 saturated heterocycles. The van der Waals surface area contributed by atoms with E-state index in [0.717, 1.165) is 35.6 Å². The largest absolute Gasteiger partial charge is 0.497 e. The Hall–Kier alpha value is -3.09. The van der Waals surface area contributed by atoms with Crippen molar-refractivity contribution in [3.8, 4) is 5.75 Å². The number of hydrogen-bond acceptors (Lipinski definition) is 5. The predicted octanol–water partition coefficient (Wildman–Crippen LogP) is 1.79. The minimum atomic E-state index is 0.0787.